The molecule has 5 rings (SSSR count). The molecule has 284 valence electrons. The first-order valence-corrected chi connectivity index (χ1v) is 18.7. The molecular weight excluding hydrogens is 684 g/mol. The SMILES string of the molecule is CC[C@H]1OC(=O)C(C)=C[C@H](C)[C@@H](O)[C@](C)(O)C[C@@H](C)CN(CCCNCc2nc3c(o2)-c2cc(Cl)ccc2Nc2ccccc2-3)[C@H](C)[C@@H](O)[C@]1(C)O. The van der Waals surface area contributed by atoms with Crippen LogP contribution in [-0.4, -0.2) is 91.5 Å². The Kier molecular flexibility index (Phi) is 12.6. The van der Waals surface area contributed by atoms with E-state index in [1.165, 1.54) is 6.92 Å². The fraction of sp³-hybridized carbons (Fsp3) is 0.550. The third kappa shape index (κ3) is 8.73. The van der Waals surface area contributed by atoms with Gasteiger partial charge in [-0.1, -0.05) is 56.6 Å². The summed E-state index contributed by atoms with van der Waals surface area (Å²) in [7, 11) is 0. The van der Waals surface area contributed by atoms with Gasteiger partial charge in [0, 0.05) is 51.6 Å². The molecule has 0 bridgehead atoms. The second-order valence-electron chi connectivity index (χ2n) is 15.2. The highest BCUT2D eigenvalue weighted by molar-refractivity contribution is 6.31. The Balaban J connectivity index is 1.31. The van der Waals surface area contributed by atoms with Crippen molar-refractivity contribution in [2.45, 2.75) is 110 Å². The molecule has 0 amide bonds. The lowest BCUT2D eigenvalue weighted by Crippen LogP contribution is -2.59. The molecule has 2 aromatic carbocycles. The normalized spacial score (nSPS) is 30.4. The number of cyclic esters (lactones) is 1. The first-order chi connectivity index (χ1) is 24.5. The molecule has 3 aromatic rings. The van der Waals surface area contributed by atoms with Crippen molar-refractivity contribution < 1.29 is 34.4 Å². The number of oxazole rings is 1. The molecule has 2 aliphatic heterocycles. The van der Waals surface area contributed by atoms with Gasteiger partial charge in [-0.3, -0.25) is 4.90 Å². The van der Waals surface area contributed by atoms with Crippen molar-refractivity contribution in [1.82, 2.24) is 15.2 Å². The Labute approximate surface area is 312 Å². The summed E-state index contributed by atoms with van der Waals surface area (Å²) in [5.74, 6) is -0.0846. The van der Waals surface area contributed by atoms with Crippen LogP contribution in [0.5, 0.6) is 0 Å². The first-order valence-electron chi connectivity index (χ1n) is 18.3. The second kappa shape index (κ2) is 16.4. The molecule has 11 nitrogen and oxygen atoms in total. The van der Waals surface area contributed by atoms with Crippen LogP contribution in [0.25, 0.3) is 22.6 Å². The van der Waals surface area contributed by atoms with Crippen molar-refractivity contribution in [3.05, 3.63) is 65.0 Å². The van der Waals surface area contributed by atoms with E-state index in [-0.39, 0.29) is 24.3 Å². The lowest BCUT2D eigenvalue weighted by molar-refractivity contribution is -0.183. The number of aliphatic hydroxyl groups excluding tert-OH is 2. The van der Waals surface area contributed by atoms with E-state index in [1.807, 2.05) is 56.3 Å². The monoisotopic (exact) mass is 738 g/mol. The zero-order valence-electron chi connectivity index (χ0n) is 31.3. The highest BCUT2D eigenvalue weighted by Gasteiger charge is 2.45. The Hall–Kier alpha value is -3.29. The number of hydrogen-bond donors (Lipinski definition) is 6. The van der Waals surface area contributed by atoms with E-state index in [0.717, 1.165) is 28.2 Å². The molecule has 0 unspecified atom stereocenters. The van der Waals surface area contributed by atoms with Gasteiger partial charge in [0.1, 0.15) is 23.5 Å². The summed E-state index contributed by atoms with van der Waals surface area (Å²) in [5.41, 5.74) is 1.38. The second-order valence-corrected chi connectivity index (χ2v) is 15.6. The molecule has 0 spiro atoms. The van der Waals surface area contributed by atoms with E-state index >= 15 is 0 Å². The Morgan fingerprint density at radius 1 is 1.06 bits per heavy atom. The van der Waals surface area contributed by atoms with Crippen LogP contribution in [-0.2, 0) is 16.1 Å². The van der Waals surface area contributed by atoms with E-state index in [4.69, 9.17) is 25.7 Å². The fourth-order valence-electron chi connectivity index (χ4n) is 7.75. The minimum Gasteiger partial charge on any atom is -0.456 e. The number of rotatable bonds is 7. The highest BCUT2D eigenvalue weighted by atomic mass is 35.5. The average molecular weight is 739 g/mol. The van der Waals surface area contributed by atoms with Gasteiger partial charge in [-0.25, -0.2) is 9.78 Å². The van der Waals surface area contributed by atoms with Gasteiger partial charge in [0.25, 0.3) is 0 Å². The standard InChI is InChI=1S/C40H55ClN4O7/c1-8-32-40(7,50)37(47)26(5)45(22-23(2)20-39(6,49)36(46)24(3)18-25(4)38(48)51-32)17-11-16-42-21-33-44-34-28-12-9-10-13-30(28)43-31-15-14-27(41)19-29(31)35(34)52-33/h9-10,12-15,18-19,23-24,26,32,36-37,42-43,46-47,49-50H,8,11,16-17,20-22H2,1-7H3/t23-,24+,26-,32-,36-,37-,39-,40-/m1/s1. The number of ether oxygens (including phenoxy) is 1. The van der Waals surface area contributed by atoms with E-state index in [0.29, 0.717) is 49.3 Å². The van der Waals surface area contributed by atoms with Crippen LogP contribution < -0.4 is 10.6 Å². The number of aromatic nitrogens is 1. The summed E-state index contributed by atoms with van der Waals surface area (Å²) in [6.45, 7) is 14.1. The summed E-state index contributed by atoms with van der Waals surface area (Å²) >= 11 is 6.38. The van der Waals surface area contributed by atoms with Gasteiger partial charge in [0.2, 0.25) is 5.89 Å². The van der Waals surface area contributed by atoms with Crippen LogP contribution in [0.15, 0.2) is 58.5 Å². The van der Waals surface area contributed by atoms with Crippen LogP contribution in [0.1, 0.15) is 73.6 Å². The van der Waals surface area contributed by atoms with Crippen molar-refractivity contribution in [2.75, 3.05) is 25.0 Å². The van der Waals surface area contributed by atoms with E-state index in [1.54, 1.807) is 33.8 Å². The number of para-hydroxylation sites is 1. The van der Waals surface area contributed by atoms with Crippen molar-refractivity contribution >= 4 is 28.9 Å². The third-order valence-corrected chi connectivity index (χ3v) is 10.8. The quantitative estimate of drug-likeness (QED) is 0.0967. The maximum Gasteiger partial charge on any atom is 0.333 e. The third-order valence-electron chi connectivity index (χ3n) is 10.6. The Morgan fingerprint density at radius 3 is 2.50 bits per heavy atom. The molecule has 1 aromatic heterocycles. The van der Waals surface area contributed by atoms with Crippen molar-refractivity contribution in [3.8, 4) is 22.6 Å². The topological polar surface area (TPSA) is 161 Å². The molecule has 0 fully saturated rings. The maximum atomic E-state index is 13.1. The van der Waals surface area contributed by atoms with Gasteiger partial charge in [-0.05, 0) is 90.2 Å². The van der Waals surface area contributed by atoms with Crippen molar-refractivity contribution in [3.63, 3.8) is 0 Å². The van der Waals surface area contributed by atoms with Crippen LogP contribution in [0.3, 0.4) is 0 Å². The molecule has 8 atom stereocenters. The molecule has 12 heteroatoms. The molecule has 0 saturated carbocycles. The molecule has 6 N–H and O–H groups in total. The lowest BCUT2D eigenvalue weighted by Gasteiger charge is -2.43. The zero-order chi connectivity index (χ0) is 38.0. The van der Waals surface area contributed by atoms with E-state index in [9.17, 15) is 25.2 Å². The van der Waals surface area contributed by atoms with Crippen molar-refractivity contribution in [1.29, 1.82) is 0 Å². The number of halogens is 1. The molecule has 0 saturated heterocycles. The Bertz CT molecular complexity index is 1740. The number of carbonyl (C=O) groups excluding carboxylic acids is 1. The van der Waals surface area contributed by atoms with Gasteiger partial charge in [0.05, 0.1) is 18.2 Å². The number of hydrogen-bond acceptors (Lipinski definition) is 11. The smallest absolute Gasteiger partial charge is 0.333 e. The Morgan fingerprint density at radius 2 is 1.77 bits per heavy atom. The molecule has 3 heterocycles. The summed E-state index contributed by atoms with van der Waals surface area (Å²) < 4.78 is 12.1. The number of esters is 1. The van der Waals surface area contributed by atoms with Gasteiger partial charge >= 0.3 is 5.97 Å². The van der Waals surface area contributed by atoms with Crippen LogP contribution >= 0.6 is 11.6 Å². The number of benzene rings is 2. The summed E-state index contributed by atoms with van der Waals surface area (Å²) in [6.07, 6.45) is -0.530. The summed E-state index contributed by atoms with van der Waals surface area (Å²) in [6, 6.07) is 13.1. The molecule has 52 heavy (non-hydrogen) atoms. The molecule has 0 radical (unpaired) electrons. The average Bonchev–Trinajstić information content (AvgIpc) is 3.47. The predicted molar refractivity (Wildman–Crippen MR) is 203 cm³/mol. The summed E-state index contributed by atoms with van der Waals surface area (Å²) in [4.78, 5) is 20.0. The fourth-order valence-corrected chi connectivity index (χ4v) is 7.93. The number of nitrogens with zero attached hydrogens (tertiary/aromatic N) is 2. The van der Waals surface area contributed by atoms with Gasteiger partial charge in [-0.2, -0.15) is 0 Å². The number of anilines is 2. The van der Waals surface area contributed by atoms with E-state index in [2.05, 4.69) is 15.5 Å². The van der Waals surface area contributed by atoms with Crippen LogP contribution in [0.4, 0.5) is 11.4 Å². The van der Waals surface area contributed by atoms with Crippen LogP contribution in [0, 0.1) is 11.8 Å². The number of nitrogens with one attached hydrogen (secondary N) is 2. The summed E-state index contributed by atoms with van der Waals surface area (Å²) in [5, 5.41) is 53.3. The van der Waals surface area contributed by atoms with Crippen LogP contribution in [0.2, 0.25) is 5.02 Å². The molecule has 2 aliphatic rings. The van der Waals surface area contributed by atoms with Gasteiger partial charge in [-0.15, -0.1) is 0 Å². The maximum absolute atomic E-state index is 13.1. The largest absolute Gasteiger partial charge is 0.456 e. The van der Waals surface area contributed by atoms with Gasteiger partial charge in [0.15, 0.2) is 5.76 Å². The number of fused-ring (bicyclic) bond motifs is 5. The van der Waals surface area contributed by atoms with Crippen molar-refractivity contribution in [2.24, 2.45) is 11.8 Å². The minimum absolute atomic E-state index is 0.0871. The molecule has 0 aliphatic carbocycles. The lowest BCUT2D eigenvalue weighted by atomic mass is 9.81. The van der Waals surface area contributed by atoms with E-state index < -0.39 is 47.4 Å². The number of carbonyl (C=O) groups is 1. The zero-order valence-corrected chi connectivity index (χ0v) is 32.1. The first kappa shape index (κ1) is 39.9. The predicted octanol–water partition coefficient (Wildman–Crippen LogP) is 6.06. The highest BCUT2D eigenvalue weighted by Crippen LogP contribution is 2.45. The molecular formula is C40H55ClN4O7. The minimum atomic E-state index is -1.75. The van der Waals surface area contributed by atoms with Gasteiger partial charge < -0.3 is 40.2 Å². The number of aliphatic hydroxyl groups is 4.